The minimum Gasteiger partial charge on any atom is -0.463 e. The van der Waals surface area contributed by atoms with E-state index >= 15 is 0 Å². The van der Waals surface area contributed by atoms with Crippen molar-refractivity contribution in [3.05, 3.63) is 36.1 Å². The van der Waals surface area contributed by atoms with E-state index in [0.717, 1.165) is 5.39 Å². The van der Waals surface area contributed by atoms with Crippen LogP contribution in [-0.4, -0.2) is 36.1 Å². The lowest BCUT2D eigenvalue weighted by Crippen LogP contribution is -2.29. The molecule has 0 fully saturated rings. The molecule has 0 unspecified atom stereocenters. The molecule has 4 nitrogen and oxygen atoms in total. The summed E-state index contributed by atoms with van der Waals surface area (Å²) in [4.78, 5) is 13.4. The summed E-state index contributed by atoms with van der Waals surface area (Å²) in [5.74, 6) is -0.140. The number of furan rings is 1. The molecule has 16 heavy (non-hydrogen) atoms. The highest BCUT2D eigenvalue weighted by atomic mass is 16.3. The average Bonchev–Trinajstić information content (AvgIpc) is 2.72. The predicted molar refractivity (Wildman–Crippen MR) is 60.3 cm³/mol. The summed E-state index contributed by atoms with van der Waals surface area (Å²) in [6.45, 7) is 0.274. The largest absolute Gasteiger partial charge is 0.463 e. The van der Waals surface area contributed by atoms with Crippen LogP contribution in [0, 0.1) is 0 Å². The third-order valence-corrected chi connectivity index (χ3v) is 2.49. The molecule has 0 saturated heterocycles. The quantitative estimate of drug-likeness (QED) is 0.851. The van der Waals surface area contributed by atoms with Crippen LogP contribution in [0.1, 0.15) is 10.4 Å². The number of nitrogens with zero attached hydrogens (tertiary/aromatic N) is 1. The summed E-state index contributed by atoms with van der Waals surface area (Å²) in [6, 6.07) is 7.38. The standard InChI is InChI=1S/C12H13NO3/c1-13(6-7-14)12(15)10-8-16-11-5-3-2-4-9(10)11/h2-5,8,14H,6-7H2,1H3. The minimum absolute atomic E-state index is 0.0436. The first kappa shape index (κ1) is 10.7. The van der Waals surface area contributed by atoms with Crippen molar-refractivity contribution in [2.75, 3.05) is 20.2 Å². The van der Waals surface area contributed by atoms with Crippen LogP contribution < -0.4 is 0 Å². The van der Waals surface area contributed by atoms with Crippen molar-refractivity contribution in [1.82, 2.24) is 4.90 Å². The second-order valence-corrected chi connectivity index (χ2v) is 3.60. The Morgan fingerprint density at radius 3 is 2.94 bits per heavy atom. The number of likely N-dealkylation sites (N-methyl/N-ethyl adjacent to an activating group) is 1. The topological polar surface area (TPSA) is 53.7 Å². The molecule has 0 atom stereocenters. The van der Waals surface area contributed by atoms with Crippen LogP contribution in [0.3, 0.4) is 0 Å². The van der Waals surface area contributed by atoms with E-state index < -0.39 is 0 Å². The Hall–Kier alpha value is -1.81. The molecule has 1 aromatic carbocycles. The van der Waals surface area contributed by atoms with Crippen LogP contribution in [0.2, 0.25) is 0 Å². The van der Waals surface area contributed by atoms with Crippen LogP contribution >= 0.6 is 0 Å². The highest BCUT2D eigenvalue weighted by Gasteiger charge is 2.16. The Kier molecular flexibility index (Phi) is 2.92. The molecule has 84 valence electrons. The highest BCUT2D eigenvalue weighted by Crippen LogP contribution is 2.21. The fraction of sp³-hybridized carbons (Fsp3) is 0.250. The first-order valence-corrected chi connectivity index (χ1v) is 5.06. The van der Waals surface area contributed by atoms with Gasteiger partial charge in [0.25, 0.3) is 5.91 Å². The van der Waals surface area contributed by atoms with E-state index in [4.69, 9.17) is 9.52 Å². The maximum absolute atomic E-state index is 12.0. The van der Waals surface area contributed by atoms with Gasteiger partial charge in [0.05, 0.1) is 12.2 Å². The Morgan fingerprint density at radius 2 is 2.19 bits per heavy atom. The molecule has 0 aliphatic rings. The summed E-state index contributed by atoms with van der Waals surface area (Å²) in [7, 11) is 1.65. The van der Waals surface area contributed by atoms with Gasteiger partial charge in [0, 0.05) is 19.0 Å². The van der Waals surface area contributed by atoms with E-state index in [1.54, 1.807) is 7.05 Å². The predicted octanol–water partition coefficient (Wildman–Crippen LogP) is 1.50. The van der Waals surface area contributed by atoms with Crippen molar-refractivity contribution in [3.8, 4) is 0 Å². The third kappa shape index (κ3) is 1.79. The lowest BCUT2D eigenvalue weighted by atomic mass is 10.1. The molecule has 0 bridgehead atoms. The minimum atomic E-state index is -0.140. The fourth-order valence-electron chi connectivity index (χ4n) is 1.60. The van der Waals surface area contributed by atoms with E-state index in [0.29, 0.717) is 17.7 Å². The molecule has 4 heteroatoms. The Balaban J connectivity index is 2.36. The number of hydrogen-bond acceptors (Lipinski definition) is 3. The van der Waals surface area contributed by atoms with E-state index in [1.165, 1.54) is 11.2 Å². The van der Waals surface area contributed by atoms with E-state index in [1.807, 2.05) is 24.3 Å². The van der Waals surface area contributed by atoms with Gasteiger partial charge < -0.3 is 14.4 Å². The van der Waals surface area contributed by atoms with Crippen LogP contribution in [0.25, 0.3) is 11.0 Å². The molecule has 0 spiro atoms. The van der Waals surface area contributed by atoms with Crippen molar-refractivity contribution in [3.63, 3.8) is 0 Å². The maximum Gasteiger partial charge on any atom is 0.257 e. The van der Waals surface area contributed by atoms with Crippen LogP contribution in [-0.2, 0) is 0 Å². The fourth-order valence-corrected chi connectivity index (χ4v) is 1.60. The lowest BCUT2D eigenvalue weighted by Gasteiger charge is -2.14. The summed E-state index contributed by atoms with van der Waals surface area (Å²) in [5.41, 5.74) is 1.23. The molecule has 2 rings (SSSR count). The third-order valence-electron chi connectivity index (χ3n) is 2.49. The van der Waals surface area contributed by atoms with Gasteiger partial charge in [-0.3, -0.25) is 4.79 Å². The number of hydrogen-bond donors (Lipinski definition) is 1. The second kappa shape index (κ2) is 4.37. The van der Waals surface area contributed by atoms with E-state index in [9.17, 15) is 4.79 Å². The van der Waals surface area contributed by atoms with E-state index in [2.05, 4.69) is 0 Å². The van der Waals surface area contributed by atoms with Gasteiger partial charge in [0.1, 0.15) is 11.8 Å². The Morgan fingerprint density at radius 1 is 1.44 bits per heavy atom. The highest BCUT2D eigenvalue weighted by molar-refractivity contribution is 6.05. The molecule has 0 aliphatic carbocycles. The molecule has 1 N–H and O–H groups in total. The van der Waals surface area contributed by atoms with Gasteiger partial charge in [0.2, 0.25) is 0 Å². The van der Waals surface area contributed by atoms with Gasteiger partial charge in [-0.1, -0.05) is 18.2 Å². The van der Waals surface area contributed by atoms with Gasteiger partial charge in [-0.2, -0.15) is 0 Å². The average molecular weight is 219 g/mol. The van der Waals surface area contributed by atoms with Crippen LogP contribution in [0.4, 0.5) is 0 Å². The first-order valence-electron chi connectivity index (χ1n) is 5.06. The van der Waals surface area contributed by atoms with Crippen molar-refractivity contribution in [1.29, 1.82) is 0 Å². The molecule has 2 aromatic rings. The summed E-state index contributed by atoms with van der Waals surface area (Å²) in [5, 5.41) is 9.58. The van der Waals surface area contributed by atoms with Gasteiger partial charge in [0.15, 0.2) is 0 Å². The maximum atomic E-state index is 12.0. The first-order chi connectivity index (χ1) is 7.74. The SMILES string of the molecule is CN(CCO)C(=O)c1coc2ccccc12. The number of aliphatic hydroxyl groups excluding tert-OH is 1. The lowest BCUT2D eigenvalue weighted by molar-refractivity contribution is 0.0768. The molecule has 0 aliphatic heterocycles. The number of para-hydroxylation sites is 1. The molecule has 0 radical (unpaired) electrons. The zero-order chi connectivity index (χ0) is 11.5. The number of benzene rings is 1. The van der Waals surface area contributed by atoms with Crippen LogP contribution in [0.15, 0.2) is 34.9 Å². The van der Waals surface area contributed by atoms with Crippen molar-refractivity contribution in [2.45, 2.75) is 0 Å². The normalized spacial score (nSPS) is 10.6. The van der Waals surface area contributed by atoms with Gasteiger partial charge >= 0.3 is 0 Å². The van der Waals surface area contributed by atoms with Crippen molar-refractivity contribution >= 4 is 16.9 Å². The molecule has 1 aromatic heterocycles. The van der Waals surface area contributed by atoms with Gasteiger partial charge in [-0.25, -0.2) is 0 Å². The second-order valence-electron chi connectivity index (χ2n) is 3.60. The zero-order valence-corrected chi connectivity index (χ0v) is 9.01. The smallest absolute Gasteiger partial charge is 0.257 e. The summed E-state index contributed by atoms with van der Waals surface area (Å²) in [6.07, 6.45) is 1.46. The van der Waals surface area contributed by atoms with Crippen LogP contribution in [0.5, 0.6) is 0 Å². The molecule has 1 heterocycles. The summed E-state index contributed by atoms with van der Waals surface area (Å²) >= 11 is 0. The Labute approximate surface area is 93.1 Å². The molecular formula is C12H13NO3. The van der Waals surface area contributed by atoms with Gasteiger partial charge in [-0.15, -0.1) is 0 Å². The Bertz CT molecular complexity index is 504. The number of rotatable bonds is 3. The number of amides is 1. The molecule has 0 saturated carbocycles. The van der Waals surface area contributed by atoms with Crippen molar-refractivity contribution in [2.24, 2.45) is 0 Å². The zero-order valence-electron chi connectivity index (χ0n) is 9.01. The number of carbonyl (C=O) groups is 1. The number of carbonyl (C=O) groups excluding carboxylic acids is 1. The van der Waals surface area contributed by atoms with Gasteiger partial charge in [-0.05, 0) is 6.07 Å². The molecule has 1 amide bonds. The summed E-state index contributed by atoms with van der Waals surface area (Å²) < 4.78 is 5.29. The molecular weight excluding hydrogens is 206 g/mol. The number of aliphatic hydroxyl groups is 1. The number of fused-ring (bicyclic) bond motifs is 1. The monoisotopic (exact) mass is 219 g/mol. The van der Waals surface area contributed by atoms with Crippen molar-refractivity contribution < 1.29 is 14.3 Å². The van der Waals surface area contributed by atoms with E-state index in [-0.39, 0.29) is 12.5 Å².